The average molecular weight is 249 g/mol. The first kappa shape index (κ1) is 12.8. The van der Waals surface area contributed by atoms with Crippen LogP contribution in [0.1, 0.15) is 18.1 Å². The summed E-state index contributed by atoms with van der Waals surface area (Å²) in [7, 11) is 0. The molecule has 0 radical (unpaired) electrons. The van der Waals surface area contributed by atoms with Crippen molar-refractivity contribution in [3.63, 3.8) is 0 Å². The number of nitrogens with two attached hydrogens (primary N) is 1. The molecule has 2 unspecified atom stereocenters. The Morgan fingerprint density at radius 2 is 2.25 bits per heavy atom. The van der Waals surface area contributed by atoms with Crippen molar-refractivity contribution in [2.75, 3.05) is 0 Å². The van der Waals surface area contributed by atoms with Crippen molar-refractivity contribution < 1.29 is 19.4 Å². The molecule has 0 saturated heterocycles. The molecule has 0 spiro atoms. The van der Waals surface area contributed by atoms with Crippen molar-refractivity contribution in [3.05, 3.63) is 28.8 Å². The maximum Gasteiger partial charge on any atom is 0.220 e. The number of primary amides is 1. The molecule has 16 heavy (non-hydrogen) atoms. The highest BCUT2D eigenvalue weighted by atomic mass is 35.5. The first-order chi connectivity index (χ1) is 7.41. The number of rotatable bonds is 4. The van der Waals surface area contributed by atoms with E-state index in [0.29, 0.717) is 0 Å². The van der Waals surface area contributed by atoms with Gasteiger partial charge in [-0.1, -0.05) is 11.6 Å². The highest BCUT2D eigenvalue weighted by Gasteiger charge is 2.23. The number of carbonyl (C=O) groups is 1. The fraction of sp³-hybridized carbons (Fsp3) is 0.333. The third-order valence-electron chi connectivity index (χ3n) is 1.93. The molecule has 5 nitrogen and oxygen atoms in total. The molecule has 0 fully saturated rings. The molecule has 1 rings (SSSR count). The Morgan fingerprint density at radius 3 is 2.81 bits per heavy atom. The molecule has 1 heterocycles. The second-order valence-corrected chi connectivity index (χ2v) is 3.57. The highest BCUT2D eigenvalue weighted by Crippen LogP contribution is 2.25. The predicted molar refractivity (Wildman–Crippen MR) is 54.0 cm³/mol. The summed E-state index contributed by atoms with van der Waals surface area (Å²) in [6, 6.07) is 0.935. The van der Waals surface area contributed by atoms with Crippen LogP contribution in [0.5, 0.6) is 0 Å². The van der Waals surface area contributed by atoms with Crippen LogP contribution in [0.4, 0.5) is 4.39 Å². The molecule has 0 aliphatic rings. The van der Waals surface area contributed by atoms with Gasteiger partial charge in [0.1, 0.15) is 17.1 Å². The third kappa shape index (κ3) is 3.13. The van der Waals surface area contributed by atoms with Gasteiger partial charge in [0.15, 0.2) is 0 Å². The molecule has 4 N–H and O–H groups in total. The number of hydrogen-bond acceptors (Lipinski definition) is 4. The Kier molecular flexibility index (Phi) is 4.17. The Balaban J connectivity index is 2.90. The number of pyridine rings is 1. The molecule has 0 aliphatic carbocycles. The smallest absolute Gasteiger partial charge is 0.220 e. The fourth-order valence-electron chi connectivity index (χ4n) is 1.17. The van der Waals surface area contributed by atoms with Crippen LogP contribution in [0.15, 0.2) is 12.3 Å². The first-order valence-electron chi connectivity index (χ1n) is 4.37. The predicted octanol–water partition coefficient (Wildman–Crippen LogP) is 0.144. The fourth-order valence-corrected chi connectivity index (χ4v) is 1.39. The Hall–Kier alpha value is -1.24. The van der Waals surface area contributed by atoms with E-state index < -0.39 is 30.4 Å². The topological polar surface area (TPSA) is 96.4 Å². The summed E-state index contributed by atoms with van der Waals surface area (Å²) >= 11 is 5.61. The van der Waals surface area contributed by atoms with Crippen LogP contribution >= 0.6 is 11.6 Å². The maximum atomic E-state index is 12.8. The lowest BCUT2D eigenvalue weighted by Crippen LogP contribution is -2.26. The minimum Gasteiger partial charge on any atom is -0.390 e. The molecule has 0 saturated carbocycles. The number of amides is 1. The monoisotopic (exact) mass is 248 g/mol. The van der Waals surface area contributed by atoms with Crippen molar-refractivity contribution in [1.82, 2.24) is 4.98 Å². The summed E-state index contributed by atoms with van der Waals surface area (Å²) in [5.74, 6) is -1.49. The Labute approximate surface area is 95.7 Å². The molecule has 0 aliphatic heterocycles. The lowest BCUT2D eigenvalue weighted by Gasteiger charge is -2.17. The number of halogens is 2. The van der Waals surface area contributed by atoms with Gasteiger partial charge in [-0.15, -0.1) is 0 Å². The van der Waals surface area contributed by atoms with E-state index in [-0.39, 0.29) is 10.7 Å². The number of aliphatic hydroxyl groups excluding tert-OH is 2. The minimum absolute atomic E-state index is 0.0876. The van der Waals surface area contributed by atoms with E-state index in [1.165, 1.54) is 0 Å². The first-order valence-corrected chi connectivity index (χ1v) is 4.75. The molecule has 0 aromatic carbocycles. The van der Waals surface area contributed by atoms with E-state index in [2.05, 4.69) is 4.98 Å². The number of aliphatic hydroxyl groups is 2. The van der Waals surface area contributed by atoms with Crippen LogP contribution in [-0.4, -0.2) is 27.2 Å². The highest BCUT2D eigenvalue weighted by molar-refractivity contribution is 6.30. The average Bonchev–Trinajstić information content (AvgIpc) is 2.19. The SMILES string of the molecule is NC(=O)CC(O)C(O)c1cc(F)cnc1Cl. The van der Waals surface area contributed by atoms with Crippen LogP contribution in [0.3, 0.4) is 0 Å². The molecule has 1 aromatic heterocycles. The van der Waals surface area contributed by atoms with Gasteiger partial charge in [0.2, 0.25) is 5.91 Å². The lowest BCUT2D eigenvalue weighted by molar-refractivity contribution is -0.121. The van der Waals surface area contributed by atoms with Crippen LogP contribution < -0.4 is 5.73 Å². The second kappa shape index (κ2) is 5.20. The van der Waals surface area contributed by atoms with Gasteiger partial charge in [-0.3, -0.25) is 4.79 Å². The van der Waals surface area contributed by atoms with Crippen molar-refractivity contribution >= 4 is 17.5 Å². The van der Waals surface area contributed by atoms with Gasteiger partial charge in [-0.05, 0) is 6.07 Å². The number of carbonyl (C=O) groups excluding carboxylic acids is 1. The molecule has 1 aromatic rings. The Bertz CT molecular complexity index is 402. The van der Waals surface area contributed by atoms with Gasteiger partial charge >= 0.3 is 0 Å². The maximum absolute atomic E-state index is 12.8. The standard InChI is InChI=1S/C9H10ClFN2O3/c10-9-5(1-4(11)3-13-9)8(16)6(14)2-7(12)15/h1,3,6,8,14,16H,2H2,(H2,12,15). The summed E-state index contributed by atoms with van der Waals surface area (Å²) in [4.78, 5) is 14.0. The second-order valence-electron chi connectivity index (χ2n) is 3.22. The summed E-state index contributed by atoms with van der Waals surface area (Å²) in [5, 5.41) is 18.9. The van der Waals surface area contributed by atoms with Gasteiger partial charge in [-0.2, -0.15) is 0 Å². The van der Waals surface area contributed by atoms with E-state index in [4.69, 9.17) is 17.3 Å². The summed E-state index contributed by atoms with van der Waals surface area (Å²) in [5.41, 5.74) is 4.76. The zero-order chi connectivity index (χ0) is 12.3. The van der Waals surface area contributed by atoms with E-state index in [9.17, 15) is 19.4 Å². The molecule has 1 amide bonds. The van der Waals surface area contributed by atoms with Crippen molar-refractivity contribution in [1.29, 1.82) is 0 Å². The van der Waals surface area contributed by atoms with Crippen LogP contribution in [-0.2, 0) is 4.79 Å². The third-order valence-corrected chi connectivity index (χ3v) is 2.24. The van der Waals surface area contributed by atoms with Crippen LogP contribution in [0, 0.1) is 5.82 Å². The van der Waals surface area contributed by atoms with E-state index >= 15 is 0 Å². The Morgan fingerprint density at radius 1 is 1.62 bits per heavy atom. The van der Waals surface area contributed by atoms with Crippen LogP contribution in [0.2, 0.25) is 5.15 Å². The summed E-state index contributed by atoms with van der Waals surface area (Å²) < 4.78 is 12.8. The number of aromatic nitrogens is 1. The van der Waals surface area contributed by atoms with Gasteiger partial charge in [0.25, 0.3) is 0 Å². The quantitative estimate of drug-likeness (QED) is 0.661. The summed E-state index contributed by atoms with van der Waals surface area (Å²) in [6.07, 6.45) is -2.53. The van der Waals surface area contributed by atoms with Gasteiger partial charge in [-0.25, -0.2) is 9.37 Å². The van der Waals surface area contributed by atoms with Gasteiger partial charge < -0.3 is 15.9 Å². The van der Waals surface area contributed by atoms with Gasteiger partial charge in [0, 0.05) is 5.56 Å². The van der Waals surface area contributed by atoms with E-state index in [1.54, 1.807) is 0 Å². The number of hydrogen-bond donors (Lipinski definition) is 3. The van der Waals surface area contributed by atoms with Crippen molar-refractivity contribution in [3.8, 4) is 0 Å². The molecule has 0 bridgehead atoms. The molecule has 88 valence electrons. The zero-order valence-corrected chi connectivity index (χ0v) is 8.86. The van der Waals surface area contributed by atoms with Crippen molar-refractivity contribution in [2.24, 2.45) is 5.73 Å². The molecule has 2 atom stereocenters. The minimum atomic E-state index is -1.51. The van der Waals surface area contributed by atoms with E-state index in [0.717, 1.165) is 12.3 Å². The number of nitrogens with zero attached hydrogens (tertiary/aromatic N) is 1. The molecule has 7 heteroatoms. The largest absolute Gasteiger partial charge is 0.390 e. The van der Waals surface area contributed by atoms with Crippen molar-refractivity contribution in [2.45, 2.75) is 18.6 Å². The van der Waals surface area contributed by atoms with E-state index in [1.807, 2.05) is 0 Å². The normalized spacial score (nSPS) is 14.5. The van der Waals surface area contributed by atoms with Gasteiger partial charge in [0.05, 0.1) is 18.7 Å². The summed E-state index contributed by atoms with van der Waals surface area (Å²) in [6.45, 7) is 0. The molecular weight excluding hydrogens is 239 g/mol. The van der Waals surface area contributed by atoms with Crippen LogP contribution in [0.25, 0.3) is 0 Å². The lowest BCUT2D eigenvalue weighted by atomic mass is 10.0. The molecular formula is C9H10ClFN2O3. The zero-order valence-electron chi connectivity index (χ0n) is 8.10.